The first kappa shape index (κ1) is 44.8. The number of nitrogens with one attached hydrogen (secondary N) is 1. The fourth-order valence-corrected chi connectivity index (χ4v) is 5.75. The van der Waals surface area contributed by atoms with Crippen LogP contribution < -0.4 is 5.32 Å². The topological polar surface area (TPSA) is 120 Å². The van der Waals surface area contributed by atoms with Gasteiger partial charge in [0.2, 0.25) is 0 Å². The molecule has 0 aromatic rings. The highest BCUT2D eigenvalue weighted by Gasteiger charge is 2.26. The van der Waals surface area contributed by atoms with Crippen molar-refractivity contribution in [1.82, 2.24) is 5.32 Å². The number of phosphoric acid groups is 1. The molecule has 0 saturated heterocycles. The van der Waals surface area contributed by atoms with Crippen LogP contribution in [0.2, 0.25) is 0 Å². The second-order valence-corrected chi connectivity index (χ2v) is 13.9. The molecule has 0 amide bonds. The number of phosphoric ester groups is 1. The molecule has 9 nitrogen and oxygen atoms in total. The maximum Gasteiger partial charge on any atom is 0.472 e. The molecule has 0 rings (SSSR count). The van der Waals surface area contributed by atoms with Gasteiger partial charge in [0.05, 0.1) is 13.2 Å². The first-order valence-corrected chi connectivity index (χ1v) is 20.1. The SMILES string of the molecule is CCCC/C=C\CCCCCCCC(=O)OCC(COP(=O)(O)OCCNC)OC(=O)CCCCCCCCCCCCCCC. The average molecular weight is 676 g/mol. The Hall–Kier alpha value is -1.25. The van der Waals surface area contributed by atoms with Crippen molar-refractivity contribution in [3.8, 4) is 0 Å². The number of hydrogen-bond acceptors (Lipinski definition) is 8. The second kappa shape index (κ2) is 33.6. The molecule has 0 heterocycles. The third kappa shape index (κ3) is 32.7. The average Bonchev–Trinajstić information content (AvgIpc) is 3.03. The highest BCUT2D eigenvalue weighted by molar-refractivity contribution is 7.47. The molecule has 0 fully saturated rings. The van der Waals surface area contributed by atoms with Crippen molar-refractivity contribution < 1.29 is 37.6 Å². The Bertz CT molecular complexity index is 779. The standard InChI is InChI=1S/C36H70NO8P/c1-4-6-8-10-12-14-16-17-19-21-23-25-27-29-36(39)45-34(33-44-46(40,41)43-31-30-37-3)32-42-35(38)28-26-24-22-20-18-15-13-11-9-7-5-2/h11,13,34,37H,4-10,12,14-33H2,1-3H3,(H,40,41)/b13-11-. The van der Waals surface area contributed by atoms with Gasteiger partial charge in [-0.15, -0.1) is 0 Å². The minimum atomic E-state index is -4.34. The summed E-state index contributed by atoms with van der Waals surface area (Å²) >= 11 is 0. The number of esters is 2. The van der Waals surface area contributed by atoms with Gasteiger partial charge in [0.25, 0.3) is 0 Å². The summed E-state index contributed by atoms with van der Waals surface area (Å²) in [6.07, 6.45) is 29.7. The van der Waals surface area contributed by atoms with Crippen LogP contribution in [0.15, 0.2) is 12.2 Å². The van der Waals surface area contributed by atoms with Gasteiger partial charge in [0.15, 0.2) is 6.10 Å². The molecule has 0 aliphatic rings. The van der Waals surface area contributed by atoms with E-state index in [2.05, 4.69) is 31.3 Å². The zero-order valence-corrected chi connectivity index (χ0v) is 30.7. The first-order valence-electron chi connectivity index (χ1n) is 18.6. The lowest BCUT2D eigenvalue weighted by Gasteiger charge is -2.20. The Kier molecular flexibility index (Phi) is 32.7. The van der Waals surface area contributed by atoms with Gasteiger partial charge in [-0.05, 0) is 39.2 Å². The number of unbranched alkanes of at least 4 members (excludes halogenated alkanes) is 19. The van der Waals surface area contributed by atoms with Crippen LogP contribution in [0.5, 0.6) is 0 Å². The summed E-state index contributed by atoms with van der Waals surface area (Å²) in [4.78, 5) is 34.8. The molecule has 2 atom stereocenters. The summed E-state index contributed by atoms with van der Waals surface area (Å²) in [7, 11) is -2.64. The van der Waals surface area contributed by atoms with Crippen molar-refractivity contribution in [2.75, 3.05) is 33.4 Å². The van der Waals surface area contributed by atoms with E-state index in [9.17, 15) is 19.0 Å². The van der Waals surface area contributed by atoms with Gasteiger partial charge in [-0.1, -0.05) is 135 Å². The zero-order chi connectivity index (χ0) is 34.0. The smallest absolute Gasteiger partial charge is 0.462 e. The molecule has 2 unspecified atom stereocenters. The molecular formula is C36H70NO8P. The lowest BCUT2D eigenvalue weighted by atomic mass is 10.0. The van der Waals surface area contributed by atoms with Gasteiger partial charge in [-0.2, -0.15) is 0 Å². The lowest BCUT2D eigenvalue weighted by molar-refractivity contribution is -0.161. The molecule has 272 valence electrons. The molecule has 0 saturated carbocycles. The largest absolute Gasteiger partial charge is 0.472 e. The summed E-state index contributed by atoms with van der Waals surface area (Å²) in [5, 5.41) is 2.81. The Morgan fingerprint density at radius 3 is 1.67 bits per heavy atom. The minimum absolute atomic E-state index is 0.0155. The van der Waals surface area contributed by atoms with Crippen LogP contribution in [0, 0.1) is 0 Å². The number of rotatable bonds is 35. The summed E-state index contributed by atoms with van der Waals surface area (Å²) in [6, 6.07) is 0. The predicted molar refractivity (Wildman–Crippen MR) is 188 cm³/mol. The van der Waals surface area contributed by atoms with Crippen LogP contribution in [0.25, 0.3) is 0 Å². The van der Waals surface area contributed by atoms with Crippen molar-refractivity contribution in [3.05, 3.63) is 12.2 Å². The van der Waals surface area contributed by atoms with Crippen LogP contribution >= 0.6 is 7.82 Å². The van der Waals surface area contributed by atoms with E-state index in [1.54, 1.807) is 7.05 Å². The number of carbonyl (C=O) groups excluding carboxylic acids is 2. The highest BCUT2D eigenvalue weighted by atomic mass is 31.2. The Labute approximate surface area is 281 Å². The molecule has 0 spiro atoms. The Morgan fingerprint density at radius 2 is 1.13 bits per heavy atom. The fraction of sp³-hybridized carbons (Fsp3) is 0.889. The lowest BCUT2D eigenvalue weighted by Crippen LogP contribution is -2.29. The minimum Gasteiger partial charge on any atom is -0.462 e. The number of carbonyl (C=O) groups is 2. The molecule has 0 aliphatic heterocycles. The fourth-order valence-electron chi connectivity index (χ4n) is 5.00. The number of ether oxygens (including phenoxy) is 2. The van der Waals surface area contributed by atoms with Gasteiger partial charge in [0.1, 0.15) is 6.61 Å². The van der Waals surface area contributed by atoms with Crippen molar-refractivity contribution in [2.24, 2.45) is 0 Å². The van der Waals surface area contributed by atoms with E-state index in [1.165, 1.54) is 77.0 Å². The maximum atomic E-state index is 12.5. The van der Waals surface area contributed by atoms with E-state index in [0.29, 0.717) is 13.0 Å². The summed E-state index contributed by atoms with van der Waals surface area (Å²) in [5.74, 6) is -0.814. The van der Waals surface area contributed by atoms with Crippen LogP contribution in [0.3, 0.4) is 0 Å². The first-order chi connectivity index (χ1) is 22.3. The summed E-state index contributed by atoms with van der Waals surface area (Å²) in [5.41, 5.74) is 0. The highest BCUT2D eigenvalue weighted by Crippen LogP contribution is 2.43. The molecule has 46 heavy (non-hydrogen) atoms. The molecule has 0 radical (unpaired) electrons. The Morgan fingerprint density at radius 1 is 0.652 bits per heavy atom. The third-order valence-corrected chi connectivity index (χ3v) is 8.87. The van der Waals surface area contributed by atoms with Gasteiger partial charge < -0.3 is 19.7 Å². The quantitative estimate of drug-likeness (QED) is 0.0293. The van der Waals surface area contributed by atoms with Gasteiger partial charge in [0, 0.05) is 19.4 Å². The van der Waals surface area contributed by atoms with E-state index < -0.39 is 26.5 Å². The van der Waals surface area contributed by atoms with Crippen LogP contribution in [0.1, 0.15) is 168 Å². The van der Waals surface area contributed by atoms with Crippen molar-refractivity contribution in [1.29, 1.82) is 0 Å². The number of allylic oxidation sites excluding steroid dienone is 2. The molecule has 10 heteroatoms. The van der Waals surface area contributed by atoms with Gasteiger partial charge >= 0.3 is 19.8 Å². The molecule has 0 aromatic carbocycles. The van der Waals surface area contributed by atoms with Crippen LogP contribution in [-0.2, 0) is 32.7 Å². The van der Waals surface area contributed by atoms with E-state index in [4.69, 9.17) is 18.5 Å². The Balaban J connectivity index is 4.30. The van der Waals surface area contributed by atoms with Crippen molar-refractivity contribution >= 4 is 19.8 Å². The zero-order valence-electron chi connectivity index (χ0n) is 29.8. The van der Waals surface area contributed by atoms with E-state index in [1.807, 2.05) is 0 Å². The molecule has 0 bridgehead atoms. The third-order valence-electron chi connectivity index (χ3n) is 7.89. The van der Waals surface area contributed by atoms with E-state index in [0.717, 1.165) is 57.8 Å². The monoisotopic (exact) mass is 675 g/mol. The van der Waals surface area contributed by atoms with E-state index in [-0.39, 0.29) is 32.0 Å². The van der Waals surface area contributed by atoms with Crippen molar-refractivity contribution in [3.63, 3.8) is 0 Å². The molecule has 2 N–H and O–H groups in total. The molecule has 0 aromatic heterocycles. The van der Waals surface area contributed by atoms with Crippen LogP contribution in [-0.4, -0.2) is 56.3 Å². The maximum absolute atomic E-state index is 12.5. The second-order valence-electron chi connectivity index (χ2n) is 12.4. The summed E-state index contributed by atoms with van der Waals surface area (Å²) < 4.78 is 33.0. The summed E-state index contributed by atoms with van der Waals surface area (Å²) in [6.45, 7) is 4.17. The molecule has 0 aliphatic carbocycles. The molecular weight excluding hydrogens is 605 g/mol. The van der Waals surface area contributed by atoms with Crippen molar-refractivity contribution in [2.45, 2.75) is 174 Å². The number of likely N-dealkylation sites (N-methyl/N-ethyl adjacent to an activating group) is 1. The van der Waals surface area contributed by atoms with Gasteiger partial charge in [-0.25, -0.2) is 4.57 Å². The van der Waals surface area contributed by atoms with Crippen LogP contribution in [0.4, 0.5) is 0 Å². The predicted octanol–water partition coefficient (Wildman–Crippen LogP) is 9.75. The normalized spacial score (nSPS) is 13.6. The van der Waals surface area contributed by atoms with E-state index >= 15 is 0 Å². The number of hydrogen-bond donors (Lipinski definition) is 2. The van der Waals surface area contributed by atoms with Gasteiger partial charge in [-0.3, -0.25) is 18.6 Å².